The van der Waals surface area contributed by atoms with Crippen LogP contribution < -0.4 is 9.47 Å². The van der Waals surface area contributed by atoms with Gasteiger partial charge in [0.1, 0.15) is 6.10 Å². The second-order valence-corrected chi connectivity index (χ2v) is 14.2. The summed E-state index contributed by atoms with van der Waals surface area (Å²) in [6, 6.07) is 5.16. The fraction of sp³-hybridized carbons (Fsp3) is 0.794. The van der Waals surface area contributed by atoms with Gasteiger partial charge in [-0.1, -0.05) is 6.92 Å². The van der Waals surface area contributed by atoms with Crippen molar-refractivity contribution in [2.75, 3.05) is 62.4 Å². The first kappa shape index (κ1) is 30.7. The number of rotatable bonds is 10. The molecule has 10 heteroatoms. The third kappa shape index (κ3) is 3.67. The van der Waals surface area contributed by atoms with Crippen molar-refractivity contribution in [3.05, 3.63) is 23.8 Å². The first-order valence-electron chi connectivity index (χ1n) is 16.2. The van der Waals surface area contributed by atoms with E-state index in [0.717, 1.165) is 32.4 Å². The van der Waals surface area contributed by atoms with Crippen LogP contribution in [0.1, 0.15) is 43.0 Å². The highest BCUT2D eigenvalue weighted by Gasteiger charge is 2.86. The predicted octanol–water partition coefficient (Wildman–Crippen LogP) is 3.04. The van der Waals surface area contributed by atoms with Crippen molar-refractivity contribution in [2.24, 2.45) is 40.4 Å². The summed E-state index contributed by atoms with van der Waals surface area (Å²) in [4.78, 5) is 16.5. The molecule has 13 atom stereocenters. The first-order chi connectivity index (χ1) is 21.2. The Morgan fingerprint density at radius 3 is 2.41 bits per heavy atom. The Morgan fingerprint density at radius 2 is 1.77 bits per heavy atom. The molecule has 1 heterocycles. The van der Waals surface area contributed by atoms with E-state index >= 15 is 0 Å². The van der Waals surface area contributed by atoms with E-state index in [0.29, 0.717) is 30.1 Å². The molecule has 44 heavy (non-hydrogen) atoms. The number of piperidine rings is 1. The van der Waals surface area contributed by atoms with E-state index in [9.17, 15) is 9.90 Å². The number of aliphatic hydroxyl groups is 1. The van der Waals surface area contributed by atoms with Gasteiger partial charge in [-0.05, 0) is 49.9 Å². The van der Waals surface area contributed by atoms with Crippen LogP contribution in [0.15, 0.2) is 18.2 Å². The number of fused-ring (bicyclic) bond motifs is 2. The summed E-state index contributed by atoms with van der Waals surface area (Å²) < 4.78 is 42.5. The van der Waals surface area contributed by atoms with Gasteiger partial charge in [0.25, 0.3) is 0 Å². The zero-order valence-electron chi connectivity index (χ0n) is 27.1. The average Bonchev–Trinajstić information content (AvgIpc) is 3.47. The van der Waals surface area contributed by atoms with Crippen LogP contribution in [0.25, 0.3) is 0 Å². The lowest BCUT2D eigenvalue weighted by Crippen LogP contribution is -2.76. The Bertz CT molecular complexity index is 1280. The quantitative estimate of drug-likeness (QED) is 0.395. The van der Waals surface area contributed by atoms with Gasteiger partial charge in [-0.15, -0.1) is 0 Å². The Morgan fingerprint density at radius 1 is 1.00 bits per heavy atom. The Hall–Kier alpha value is -1.95. The maximum atomic E-state index is 13.9. The molecule has 0 aromatic heterocycles. The van der Waals surface area contributed by atoms with Crippen LogP contribution in [0, 0.1) is 40.4 Å². The Balaban J connectivity index is 1.37. The number of carbonyl (C=O) groups excluding carboxylic acids is 1. The van der Waals surface area contributed by atoms with Crippen LogP contribution >= 0.6 is 0 Å². The summed E-state index contributed by atoms with van der Waals surface area (Å²) in [6.45, 7) is 4.66. The van der Waals surface area contributed by atoms with Crippen LogP contribution in [0.5, 0.6) is 11.5 Å². The SMILES string of the molecule is CCN1C[C@]2(COC)CC[C@H](OC)[C@@]34[C@@H]5C[C@@H]6[C@H](OC(=O)c7ccc(OC)c(OC)c7)[C@@H]5[C@](O)(C[C@@H]6OC)[C@H]([C@H](OC)[C@H]23)[C@@H]14. The number of hydrogen-bond donors (Lipinski definition) is 1. The van der Waals surface area contributed by atoms with E-state index in [4.69, 9.17) is 33.2 Å². The molecule has 0 radical (unpaired) electrons. The summed E-state index contributed by atoms with van der Waals surface area (Å²) >= 11 is 0. The van der Waals surface area contributed by atoms with E-state index in [1.54, 1.807) is 53.7 Å². The molecule has 7 bridgehead atoms. The van der Waals surface area contributed by atoms with E-state index in [-0.39, 0.29) is 64.8 Å². The molecule has 5 aliphatic carbocycles. The predicted molar refractivity (Wildman–Crippen MR) is 160 cm³/mol. The van der Waals surface area contributed by atoms with Crippen molar-refractivity contribution in [3.8, 4) is 11.5 Å². The number of hydrogen-bond acceptors (Lipinski definition) is 10. The minimum atomic E-state index is -1.15. The largest absolute Gasteiger partial charge is 0.493 e. The number of carbonyl (C=O) groups is 1. The minimum absolute atomic E-state index is 0.00317. The molecule has 10 nitrogen and oxygen atoms in total. The summed E-state index contributed by atoms with van der Waals surface area (Å²) in [5, 5.41) is 13.2. The molecule has 5 saturated carbocycles. The standard InChI is InChI=1S/C34H49NO9/c1-8-35-16-32(17-38-2)12-11-24(42-6)34-20-14-19-23(41-5)15-33(37,26(30(34)35)28(43-7)29(32)34)25(20)27(19)44-31(36)18-9-10-21(39-3)22(13-18)40-4/h9-10,13,19-20,23-30,37H,8,11-12,14-17H2,1-7H3/t19-,20+,23-,24-,25+,26+,27-,28-,29+,30+,32-,33+,34-/m0/s1. The van der Waals surface area contributed by atoms with Gasteiger partial charge in [0.2, 0.25) is 0 Å². The number of likely N-dealkylation sites (tertiary alicyclic amines) is 1. The molecule has 1 aromatic carbocycles. The van der Waals surface area contributed by atoms with Gasteiger partial charge in [-0.25, -0.2) is 4.79 Å². The highest BCUT2D eigenvalue weighted by molar-refractivity contribution is 5.90. The lowest BCUT2D eigenvalue weighted by molar-refractivity contribution is -0.276. The lowest BCUT2D eigenvalue weighted by Gasteiger charge is -2.69. The summed E-state index contributed by atoms with van der Waals surface area (Å²) in [6.07, 6.45) is 2.27. The van der Waals surface area contributed by atoms with Crippen molar-refractivity contribution < 1.29 is 43.1 Å². The first-order valence-corrected chi connectivity index (χ1v) is 16.2. The van der Waals surface area contributed by atoms with Crippen molar-refractivity contribution in [1.29, 1.82) is 0 Å². The highest BCUT2D eigenvalue weighted by Crippen LogP contribution is 2.79. The molecule has 1 aliphatic heterocycles. The molecular formula is C34H49NO9. The van der Waals surface area contributed by atoms with E-state index < -0.39 is 17.7 Å². The third-order valence-electron chi connectivity index (χ3n) is 13.2. The van der Waals surface area contributed by atoms with Crippen LogP contribution in [0.2, 0.25) is 0 Å². The maximum Gasteiger partial charge on any atom is 0.338 e. The number of ether oxygens (including phenoxy) is 7. The second kappa shape index (κ2) is 10.8. The molecule has 0 amide bonds. The van der Waals surface area contributed by atoms with Gasteiger partial charge in [0.15, 0.2) is 11.5 Å². The topological polar surface area (TPSA) is 105 Å². The number of nitrogens with zero attached hydrogens (tertiary/aromatic N) is 1. The molecular weight excluding hydrogens is 566 g/mol. The zero-order valence-corrected chi connectivity index (χ0v) is 27.1. The van der Waals surface area contributed by atoms with Crippen LogP contribution in [-0.4, -0.2) is 114 Å². The van der Waals surface area contributed by atoms with E-state index in [2.05, 4.69) is 11.8 Å². The maximum absolute atomic E-state index is 13.9. The number of methoxy groups -OCH3 is 6. The molecule has 1 N–H and O–H groups in total. The van der Waals surface area contributed by atoms with Crippen molar-refractivity contribution in [2.45, 2.75) is 68.7 Å². The summed E-state index contributed by atoms with van der Waals surface area (Å²) in [5.41, 5.74) is -1.17. The summed E-state index contributed by atoms with van der Waals surface area (Å²) in [5.74, 6) is 0.288. The van der Waals surface area contributed by atoms with Gasteiger partial charge >= 0.3 is 5.97 Å². The van der Waals surface area contributed by atoms with E-state index in [1.807, 2.05) is 7.11 Å². The van der Waals surface area contributed by atoms with Crippen molar-refractivity contribution in [1.82, 2.24) is 4.90 Å². The van der Waals surface area contributed by atoms with Crippen LogP contribution in [0.3, 0.4) is 0 Å². The van der Waals surface area contributed by atoms with Crippen LogP contribution in [0.4, 0.5) is 0 Å². The Labute approximate surface area is 260 Å². The average molecular weight is 616 g/mol. The number of benzene rings is 1. The monoisotopic (exact) mass is 615 g/mol. The molecule has 7 rings (SSSR count). The van der Waals surface area contributed by atoms with E-state index in [1.165, 1.54) is 0 Å². The van der Waals surface area contributed by atoms with Gasteiger partial charge in [0, 0.05) is 81.9 Å². The summed E-state index contributed by atoms with van der Waals surface area (Å²) in [7, 11) is 10.3. The molecule has 1 aromatic rings. The number of esters is 1. The molecule has 244 valence electrons. The fourth-order valence-electron chi connectivity index (χ4n) is 12.3. The van der Waals surface area contributed by atoms with Crippen LogP contribution in [-0.2, 0) is 23.7 Å². The van der Waals surface area contributed by atoms with Crippen molar-refractivity contribution in [3.63, 3.8) is 0 Å². The smallest absolute Gasteiger partial charge is 0.338 e. The molecule has 0 unspecified atom stereocenters. The minimum Gasteiger partial charge on any atom is -0.493 e. The van der Waals surface area contributed by atoms with Gasteiger partial charge < -0.3 is 38.3 Å². The highest BCUT2D eigenvalue weighted by atomic mass is 16.6. The molecule has 1 saturated heterocycles. The van der Waals surface area contributed by atoms with Gasteiger partial charge in [-0.2, -0.15) is 0 Å². The fourth-order valence-corrected chi connectivity index (χ4v) is 12.3. The van der Waals surface area contributed by atoms with Crippen molar-refractivity contribution >= 4 is 5.97 Å². The zero-order chi connectivity index (χ0) is 31.2. The molecule has 1 spiro atoms. The second-order valence-electron chi connectivity index (χ2n) is 14.2. The van der Waals surface area contributed by atoms with Gasteiger partial charge in [0.05, 0.1) is 50.3 Å². The molecule has 6 aliphatic rings. The normalized spacial score (nSPS) is 46.5. The Kier molecular flexibility index (Phi) is 7.54. The van der Waals surface area contributed by atoms with Gasteiger partial charge in [-0.3, -0.25) is 4.90 Å². The lowest BCUT2D eigenvalue weighted by atomic mass is 9.43. The third-order valence-corrected chi connectivity index (χ3v) is 13.2. The molecule has 6 fully saturated rings.